The number of fused-ring (bicyclic) bond motifs is 1. The van der Waals surface area contributed by atoms with Gasteiger partial charge in [0.05, 0.1) is 17.7 Å². The van der Waals surface area contributed by atoms with Crippen molar-refractivity contribution in [2.75, 3.05) is 11.9 Å². The summed E-state index contributed by atoms with van der Waals surface area (Å²) >= 11 is 3.13. The zero-order chi connectivity index (χ0) is 20.1. The second-order valence-corrected chi connectivity index (χ2v) is 6.71. The lowest BCUT2D eigenvalue weighted by Gasteiger charge is -2.08. The third-order valence-corrected chi connectivity index (χ3v) is 4.36. The van der Waals surface area contributed by atoms with Crippen LogP contribution in [0.4, 0.5) is 11.4 Å². The Morgan fingerprint density at radius 1 is 1.21 bits per heavy atom. The van der Waals surface area contributed by atoms with Gasteiger partial charge in [-0.1, -0.05) is 52.3 Å². The summed E-state index contributed by atoms with van der Waals surface area (Å²) in [4.78, 5) is 22.2. The van der Waals surface area contributed by atoms with Crippen molar-refractivity contribution in [1.29, 1.82) is 0 Å². The van der Waals surface area contributed by atoms with Crippen LogP contribution in [-0.4, -0.2) is 28.7 Å². The molecule has 0 heterocycles. The Hall–Kier alpha value is -3.46. The molecule has 0 fully saturated rings. The van der Waals surface area contributed by atoms with Crippen molar-refractivity contribution in [3.05, 3.63) is 74.7 Å². The Morgan fingerprint density at radius 3 is 2.75 bits per heavy atom. The predicted molar refractivity (Wildman–Crippen MR) is 111 cm³/mol. The summed E-state index contributed by atoms with van der Waals surface area (Å²) < 4.78 is 0.405. The van der Waals surface area contributed by atoms with Crippen LogP contribution in [0, 0.1) is 10.1 Å². The number of nitrogens with one attached hydrogen (secondary N) is 2. The molecule has 0 radical (unpaired) electrons. The van der Waals surface area contributed by atoms with Crippen molar-refractivity contribution in [3.8, 4) is 5.75 Å². The number of nitrogens with zero attached hydrogens (tertiary/aromatic N) is 2. The topological polar surface area (TPSA) is 117 Å². The van der Waals surface area contributed by atoms with E-state index in [0.29, 0.717) is 4.47 Å². The maximum atomic E-state index is 12.0. The van der Waals surface area contributed by atoms with Crippen molar-refractivity contribution >= 4 is 50.2 Å². The Morgan fingerprint density at radius 2 is 1.96 bits per heavy atom. The molecule has 0 unspecified atom stereocenters. The van der Waals surface area contributed by atoms with Gasteiger partial charge in [0, 0.05) is 27.2 Å². The normalized spacial score (nSPS) is 10.9. The lowest BCUT2D eigenvalue weighted by atomic mass is 10.1. The van der Waals surface area contributed by atoms with Crippen molar-refractivity contribution in [2.45, 2.75) is 0 Å². The SMILES string of the molecule is O=C(CNc1cccc2ccccc12)N/N=C\c1cc(Br)cc([N+](=O)[O-])c1O. The molecule has 0 atom stereocenters. The first kappa shape index (κ1) is 19.3. The molecular formula is C19H15BrN4O4. The molecule has 0 aromatic heterocycles. The number of phenolic OH excluding ortho intramolecular Hbond substituents is 1. The van der Waals surface area contributed by atoms with Crippen LogP contribution in [0.1, 0.15) is 5.56 Å². The number of hydrogen-bond donors (Lipinski definition) is 3. The second kappa shape index (κ2) is 8.49. The van der Waals surface area contributed by atoms with E-state index in [1.54, 1.807) is 0 Å². The minimum atomic E-state index is -0.704. The maximum Gasteiger partial charge on any atom is 0.312 e. The van der Waals surface area contributed by atoms with Crippen molar-refractivity contribution in [1.82, 2.24) is 5.43 Å². The number of hydrogen-bond acceptors (Lipinski definition) is 6. The fourth-order valence-corrected chi connectivity index (χ4v) is 3.07. The van der Waals surface area contributed by atoms with E-state index in [1.807, 2.05) is 42.5 Å². The van der Waals surface area contributed by atoms with Gasteiger partial charge in [0.2, 0.25) is 5.75 Å². The highest BCUT2D eigenvalue weighted by Gasteiger charge is 2.17. The van der Waals surface area contributed by atoms with E-state index in [1.165, 1.54) is 12.1 Å². The van der Waals surface area contributed by atoms with Gasteiger partial charge in [0.15, 0.2) is 0 Å². The van der Waals surface area contributed by atoms with Crippen LogP contribution < -0.4 is 10.7 Å². The zero-order valence-corrected chi connectivity index (χ0v) is 16.0. The zero-order valence-electron chi connectivity index (χ0n) is 14.4. The molecule has 0 aliphatic carbocycles. The van der Waals surface area contributed by atoms with Crippen LogP contribution in [0.25, 0.3) is 10.8 Å². The number of nitro groups is 1. The Bertz CT molecular complexity index is 1080. The minimum Gasteiger partial charge on any atom is -0.502 e. The summed E-state index contributed by atoms with van der Waals surface area (Å²) in [6, 6.07) is 16.2. The molecule has 3 aromatic rings. The molecular weight excluding hydrogens is 428 g/mol. The molecule has 1 amide bonds. The molecule has 28 heavy (non-hydrogen) atoms. The van der Waals surface area contributed by atoms with Crippen molar-refractivity contribution in [2.24, 2.45) is 5.10 Å². The van der Waals surface area contributed by atoms with Crippen LogP contribution in [0.5, 0.6) is 5.75 Å². The van der Waals surface area contributed by atoms with E-state index in [4.69, 9.17) is 0 Å². The van der Waals surface area contributed by atoms with E-state index >= 15 is 0 Å². The molecule has 3 aromatic carbocycles. The quantitative estimate of drug-likeness (QED) is 0.305. The van der Waals surface area contributed by atoms with Gasteiger partial charge in [-0.2, -0.15) is 5.10 Å². The summed E-state index contributed by atoms with van der Waals surface area (Å²) in [5.74, 6) is -0.937. The van der Waals surface area contributed by atoms with Gasteiger partial charge in [-0.05, 0) is 17.5 Å². The average Bonchev–Trinajstić information content (AvgIpc) is 2.68. The standard InChI is InChI=1S/C19H15BrN4O4/c20-14-8-13(19(26)17(9-14)24(27)28)10-22-23-18(25)11-21-16-7-3-5-12-4-1-2-6-15(12)16/h1-10,21,26H,11H2,(H,23,25)/b22-10-. The van der Waals surface area contributed by atoms with Gasteiger partial charge < -0.3 is 10.4 Å². The molecule has 0 aliphatic rings. The summed E-state index contributed by atoms with van der Waals surface area (Å²) in [6.45, 7) is -0.0179. The summed E-state index contributed by atoms with van der Waals surface area (Å²) in [5, 5.41) is 29.7. The molecule has 0 bridgehead atoms. The monoisotopic (exact) mass is 442 g/mol. The van der Waals surface area contributed by atoms with Crippen LogP contribution in [0.15, 0.2) is 64.2 Å². The number of rotatable bonds is 6. The molecule has 0 aliphatic heterocycles. The molecule has 0 spiro atoms. The van der Waals surface area contributed by atoms with E-state index < -0.39 is 22.3 Å². The number of aromatic hydroxyl groups is 1. The number of nitro benzene ring substituents is 1. The molecule has 3 N–H and O–H groups in total. The number of halogens is 1. The molecule has 0 saturated heterocycles. The van der Waals surface area contributed by atoms with Gasteiger partial charge >= 0.3 is 5.69 Å². The highest BCUT2D eigenvalue weighted by Crippen LogP contribution is 2.32. The summed E-state index contributed by atoms with van der Waals surface area (Å²) in [6.07, 6.45) is 1.14. The van der Waals surface area contributed by atoms with Crippen LogP contribution in [0.3, 0.4) is 0 Å². The van der Waals surface area contributed by atoms with E-state index in [0.717, 1.165) is 22.7 Å². The number of carbonyl (C=O) groups excluding carboxylic acids is 1. The van der Waals surface area contributed by atoms with Crippen LogP contribution in [0.2, 0.25) is 0 Å². The molecule has 8 nitrogen and oxygen atoms in total. The molecule has 142 valence electrons. The highest BCUT2D eigenvalue weighted by molar-refractivity contribution is 9.10. The van der Waals surface area contributed by atoms with Gasteiger partial charge in [-0.15, -0.1) is 0 Å². The Kier molecular flexibility index (Phi) is 5.85. The Labute approximate surface area is 168 Å². The van der Waals surface area contributed by atoms with Gasteiger partial charge in [0.1, 0.15) is 0 Å². The third-order valence-electron chi connectivity index (χ3n) is 3.90. The average molecular weight is 443 g/mol. The minimum absolute atomic E-state index is 0.0179. The largest absolute Gasteiger partial charge is 0.502 e. The number of amides is 1. The number of hydrazone groups is 1. The van der Waals surface area contributed by atoms with Crippen LogP contribution in [-0.2, 0) is 4.79 Å². The highest BCUT2D eigenvalue weighted by atomic mass is 79.9. The first-order valence-corrected chi connectivity index (χ1v) is 8.95. The van der Waals surface area contributed by atoms with E-state index in [-0.39, 0.29) is 12.1 Å². The Balaban J connectivity index is 1.64. The number of benzene rings is 3. The van der Waals surface area contributed by atoms with Gasteiger partial charge in [-0.25, -0.2) is 5.43 Å². The van der Waals surface area contributed by atoms with Crippen molar-refractivity contribution < 1.29 is 14.8 Å². The second-order valence-electron chi connectivity index (χ2n) is 5.79. The van der Waals surface area contributed by atoms with Crippen molar-refractivity contribution in [3.63, 3.8) is 0 Å². The predicted octanol–water partition coefficient (Wildman–Crippen LogP) is 3.78. The first-order valence-electron chi connectivity index (χ1n) is 8.16. The molecule has 9 heteroatoms. The first-order chi connectivity index (χ1) is 13.5. The van der Waals surface area contributed by atoms with E-state index in [2.05, 4.69) is 31.8 Å². The number of anilines is 1. The third kappa shape index (κ3) is 4.44. The molecule has 3 rings (SSSR count). The smallest absolute Gasteiger partial charge is 0.312 e. The summed E-state index contributed by atoms with van der Waals surface area (Å²) in [5.41, 5.74) is 2.78. The van der Waals surface area contributed by atoms with Gasteiger partial charge in [-0.3, -0.25) is 14.9 Å². The van der Waals surface area contributed by atoms with Crippen LogP contribution >= 0.6 is 15.9 Å². The number of carbonyl (C=O) groups is 1. The molecule has 0 saturated carbocycles. The lowest BCUT2D eigenvalue weighted by Crippen LogP contribution is -2.25. The number of phenols is 1. The van der Waals surface area contributed by atoms with Gasteiger partial charge in [0.25, 0.3) is 5.91 Å². The maximum absolute atomic E-state index is 12.0. The fourth-order valence-electron chi connectivity index (χ4n) is 2.61. The summed E-state index contributed by atoms with van der Waals surface area (Å²) in [7, 11) is 0. The van der Waals surface area contributed by atoms with E-state index in [9.17, 15) is 20.0 Å². The lowest BCUT2D eigenvalue weighted by molar-refractivity contribution is -0.385. The fraction of sp³-hybridized carbons (Fsp3) is 0.0526.